The van der Waals surface area contributed by atoms with E-state index in [4.69, 9.17) is 23.8 Å². The minimum atomic E-state index is -0.547. The van der Waals surface area contributed by atoms with E-state index in [1.807, 2.05) is 12.1 Å². The van der Waals surface area contributed by atoms with Gasteiger partial charge in [0.05, 0.1) is 24.2 Å². The summed E-state index contributed by atoms with van der Waals surface area (Å²) >= 11 is 7.32. The van der Waals surface area contributed by atoms with Crippen LogP contribution in [0.2, 0.25) is 5.02 Å². The largest absolute Gasteiger partial charge is 0.366 e. The molecule has 0 aliphatic heterocycles. The van der Waals surface area contributed by atoms with Crippen LogP contribution >= 0.6 is 22.9 Å². The van der Waals surface area contributed by atoms with E-state index in [9.17, 15) is 9.59 Å². The first-order valence-corrected chi connectivity index (χ1v) is 9.78. The van der Waals surface area contributed by atoms with Crippen molar-refractivity contribution >= 4 is 45.6 Å². The molecule has 0 saturated carbocycles. The van der Waals surface area contributed by atoms with Crippen LogP contribution in [-0.4, -0.2) is 23.3 Å². The number of hydrogen-bond acceptors (Lipinski definition) is 5. The quantitative estimate of drug-likeness (QED) is 0.505. The average molecular weight is 425 g/mol. The van der Waals surface area contributed by atoms with Crippen molar-refractivity contribution in [3.8, 4) is 22.8 Å². The van der Waals surface area contributed by atoms with Crippen LogP contribution in [0.5, 0.6) is 0 Å². The first-order chi connectivity index (χ1) is 14.0. The molecular weight excluding hydrogens is 408 g/mol. The molecule has 0 spiro atoms. The first kappa shape index (κ1) is 20.4. The fourth-order valence-corrected chi connectivity index (χ4v) is 3.77. The number of aromatic nitrogens is 1. The second-order valence-electron chi connectivity index (χ2n) is 6.02. The number of terminal acetylenes is 1. The van der Waals surface area contributed by atoms with Crippen molar-refractivity contribution in [2.75, 3.05) is 11.9 Å². The summed E-state index contributed by atoms with van der Waals surface area (Å²) in [6.07, 6.45) is 5.23. The van der Waals surface area contributed by atoms with Crippen molar-refractivity contribution in [3.05, 3.63) is 64.8 Å². The third-order valence-electron chi connectivity index (χ3n) is 3.90. The third-order valence-corrected chi connectivity index (χ3v) is 5.26. The predicted octanol–water partition coefficient (Wildman–Crippen LogP) is 3.60. The summed E-state index contributed by atoms with van der Waals surface area (Å²) in [5.74, 6) is 2.09. The van der Waals surface area contributed by atoms with E-state index in [1.54, 1.807) is 36.4 Å². The van der Waals surface area contributed by atoms with E-state index in [2.05, 4.69) is 21.5 Å². The number of rotatable bonds is 7. The summed E-state index contributed by atoms with van der Waals surface area (Å²) in [6, 6.07) is 14.3. The lowest BCUT2D eigenvalue weighted by molar-refractivity contribution is -0.120. The number of carbonyl (C=O) groups excluding carboxylic acids is 2. The summed E-state index contributed by atoms with van der Waals surface area (Å²) in [7, 11) is 0. The maximum Gasteiger partial charge on any atom is 0.251 e. The second-order valence-corrected chi connectivity index (χ2v) is 7.51. The molecule has 29 heavy (non-hydrogen) atoms. The van der Waals surface area contributed by atoms with Crippen molar-refractivity contribution < 1.29 is 9.59 Å². The number of carbonyl (C=O) groups is 2. The van der Waals surface area contributed by atoms with Gasteiger partial charge < -0.3 is 16.4 Å². The third kappa shape index (κ3) is 5.35. The standard InChI is InChI=1S/C21H17ClN4O2S/c1-2-10-24-19(27)11-15-4-3-5-18(25-15)26-21-16(20(23)28)12-17(29-21)13-6-8-14(22)9-7-13/h1,3-9,12H,10-11H2,(H2,23,28)(H,24,27)(H,25,26). The zero-order chi connectivity index (χ0) is 20.8. The Labute approximate surface area is 177 Å². The number of thiophene rings is 1. The molecule has 3 rings (SSSR count). The van der Waals surface area contributed by atoms with Gasteiger partial charge in [0.1, 0.15) is 10.8 Å². The molecule has 2 amide bonds. The number of benzene rings is 1. The Morgan fingerprint density at radius 3 is 2.66 bits per heavy atom. The van der Waals surface area contributed by atoms with Gasteiger partial charge in [-0.05, 0) is 35.9 Å². The van der Waals surface area contributed by atoms with Crippen molar-refractivity contribution in [2.45, 2.75) is 6.42 Å². The van der Waals surface area contributed by atoms with Crippen LogP contribution in [0.4, 0.5) is 10.8 Å². The molecule has 2 aromatic heterocycles. The summed E-state index contributed by atoms with van der Waals surface area (Å²) in [5, 5.41) is 6.93. The second kappa shape index (κ2) is 9.24. The van der Waals surface area contributed by atoms with E-state index in [-0.39, 0.29) is 18.9 Å². The molecule has 8 heteroatoms. The highest BCUT2D eigenvalue weighted by molar-refractivity contribution is 7.19. The number of amides is 2. The molecule has 0 fully saturated rings. The minimum Gasteiger partial charge on any atom is -0.366 e. The lowest BCUT2D eigenvalue weighted by atomic mass is 10.1. The Kier molecular flexibility index (Phi) is 6.50. The molecule has 4 N–H and O–H groups in total. The van der Waals surface area contributed by atoms with Crippen LogP contribution in [0, 0.1) is 12.3 Å². The molecule has 0 radical (unpaired) electrons. The Hall–Kier alpha value is -3.34. The SMILES string of the molecule is C#CCNC(=O)Cc1cccc(Nc2sc(-c3ccc(Cl)cc3)cc2C(N)=O)n1. The molecule has 3 aromatic rings. The Morgan fingerprint density at radius 1 is 1.21 bits per heavy atom. The Morgan fingerprint density at radius 2 is 1.97 bits per heavy atom. The van der Waals surface area contributed by atoms with Crippen LogP contribution in [0.25, 0.3) is 10.4 Å². The maximum absolute atomic E-state index is 11.9. The molecule has 0 aliphatic rings. The highest BCUT2D eigenvalue weighted by Gasteiger charge is 2.16. The van der Waals surface area contributed by atoms with Crippen molar-refractivity contribution in [3.63, 3.8) is 0 Å². The zero-order valence-electron chi connectivity index (χ0n) is 15.2. The molecule has 0 aliphatic carbocycles. The van der Waals surface area contributed by atoms with Gasteiger partial charge in [0.25, 0.3) is 5.91 Å². The minimum absolute atomic E-state index is 0.0976. The monoisotopic (exact) mass is 424 g/mol. The van der Waals surface area contributed by atoms with Gasteiger partial charge in [-0.15, -0.1) is 17.8 Å². The van der Waals surface area contributed by atoms with Gasteiger partial charge in [-0.3, -0.25) is 9.59 Å². The van der Waals surface area contributed by atoms with E-state index in [0.29, 0.717) is 27.1 Å². The van der Waals surface area contributed by atoms with Gasteiger partial charge in [-0.1, -0.05) is 35.7 Å². The molecular formula is C21H17ClN4O2S. The zero-order valence-corrected chi connectivity index (χ0v) is 16.8. The number of pyridine rings is 1. The smallest absolute Gasteiger partial charge is 0.251 e. The number of hydrogen-bond donors (Lipinski definition) is 3. The molecule has 0 atom stereocenters. The van der Waals surface area contributed by atoms with Gasteiger partial charge >= 0.3 is 0 Å². The van der Waals surface area contributed by atoms with E-state index < -0.39 is 5.91 Å². The van der Waals surface area contributed by atoms with Crippen LogP contribution in [0.15, 0.2) is 48.5 Å². The predicted molar refractivity (Wildman–Crippen MR) is 116 cm³/mol. The van der Waals surface area contributed by atoms with E-state index in [0.717, 1.165) is 10.4 Å². The lowest BCUT2D eigenvalue weighted by Crippen LogP contribution is -2.25. The summed E-state index contributed by atoms with van der Waals surface area (Å²) < 4.78 is 0. The number of primary amides is 1. The van der Waals surface area contributed by atoms with Crippen molar-refractivity contribution in [1.82, 2.24) is 10.3 Å². The summed E-state index contributed by atoms with van der Waals surface area (Å²) in [5.41, 5.74) is 7.39. The van der Waals surface area contributed by atoms with Gasteiger partial charge in [0, 0.05) is 9.90 Å². The molecule has 146 valence electrons. The summed E-state index contributed by atoms with van der Waals surface area (Å²) in [4.78, 5) is 29.0. The highest BCUT2D eigenvalue weighted by Crippen LogP contribution is 2.37. The van der Waals surface area contributed by atoms with Gasteiger partial charge in [-0.2, -0.15) is 0 Å². The van der Waals surface area contributed by atoms with Crippen LogP contribution in [-0.2, 0) is 11.2 Å². The lowest BCUT2D eigenvalue weighted by Gasteiger charge is -2.07. The van der Waals surface area contributed by atoms with Crippen LogP contribution < -0.4 is 16.4 Å². The van der Waals surface area contributed by atoms with Gasteiger partial charge in [-0.25, -0.2) is 4.98 Å². The number of nitrogens with one attached hydrogen (secondary N) is 2. The molecule has 1 aromatic carbocycles. The number of anilines is 2. The molecule has 2 heterocycles. The molecule has 0 saturated heterocycles. The van der Waals surface area contributed by atoms with E-state index >= 15 is 0 Å². The number of nitrogens with zero attached hydrogens (tertiary/aromatic N) is 1. The number of halogens is 1. The van der Waals surface area contributed by atoms with Gasteiger partial charge in [0.2, 0.25) is 5.91 Å². The normalized spacial score (nSPS) is 10.2. The molecule has 0 unspecified atom stereocenters. The van der Waals surface area contributed by atoms with Crippen molar-refractivity contribution in [2.24, 2.45) is 5.73 Å². The van der Waals surface area contributed by atoms with Crippen LogP contribution in [0.3, 0.4) is 0 Å². The number of nitrogens with two attached hydrogens (primary N) is 1. The molecule has 0 bridgehead atoms. The fourth-order valence-electron chi connectivity index (χ4n) is 2.56. The summed E-state index contributed by atoms with van der Waals surface area (Å²) in [6.45, 7) is 0.168. The molecule has 6 nitrogen and oxygen atoms in total. The van der Waals surface area contributed by atoms with Crippen molar-refractivity contribution in [1.29, 1.82) is 0 Å². The van der Waals surface area contributed by atoms with Crippen LogP contribution in [0.1, 0.15) is 16.1 Å². The Balaban J connectivity index is 1.83. The fraction of sp³-hybridized carbons (Fsp3) is 0.0952. The first-order valence-electron chi connectivity index (χ1n) is 8.59. The van der Waals surface area contributed by atoms with E-state index in [1.165, 1.54) is 11.3 Å². The topological polar surface area (TPSA) is 97.1 Å². The maximum atomic E-state index is 11.9. The Bertz CT molecular complexity index is 1090. The van der Waals surface area contributed by atoms with Gasteiger partial charge in [0.15, 0.2) is 0 Å². The highest BCUT2D eigenvalue weighted by atomic mass is 35.5. The average Bonchev–Trinajstić information content (AvgIpc) is 3.11.